The molecule has 0 bridgehead atoms. The van der Waals surface area contributed by atoms with E-state index < -0.39 is 0 Å². The molecule has 1 amide bonds. The highest BCUT2D eigenvalue weighted by Crippen LogP contribution is 2.17. The third-order valence-corrected chi connectivity index (χ3v) is 3.69. The van der Waals surface area contributed by atoms with Crippen molar-refractivity contribution in [2.45, 2.75) is 58.4 Å². The summed E-state index contributed by atoms with van der Waals surface area (Å²) >= 11 is 0. The minimum absolute atomic E-state index is 0.0167. The minimum atomic E-state index is -0.267. The maximum Gasteiger partial charge on any atom is 0.320 e. The van der Waals surface area contributed by atoms with Crippen LogP contribution in [0, 0.1) is 0 Å². The van der Waals surface area contributed by atoms with Crippen LogP contribution in [0.15, 0.2) is 0 Å². The van der Waals surface area contributed by atoms with Crippen LogP contribution in [-0.4, -0.2) is 49.1 Å². The quantitative estimate of drug-likeness (QED) is 0.571. The minimum Gasteiger partial charge on any atom is -0.465 e. The summed E-state index contributed by atoms with van der Waals surface area (Å²) in [6.45, 7) is 5.22. The Bertz CT molecular complexity index is 299. The lowest BCUT2D eigenvalue weighted by atomic mass is 10.1. The molecule has 0 aliphatic heterocycles. The second kappa shape index (κ2) is 9.75. The zero-order chi connectivity index (χ0) is 14.8. The molecule has 0 heterocycles. The normalized spacial score (nSPS) is 16.8. The molecule has 1 N–H and O–H groups in total. The molecule has 1 rings (SSSR count). The monoisotopic (exact) mass is 284 g/mol. The summed E-state index contributed by atoms with van der Waals surface area (Å²) < 4.78 is 4.91. The van der Waals surface area contributed by atoms with E-state index in [1.54, 1.807) is 6.92 Å². The molecule has 1 aliphatic carbocycles. The molecule has 1 fully saturated rings. The Kier molecular flexibility index (Phi) is 8.26. The van der Waals surface area contributed by atoms with Gasteiger partial charge in [-0.3, -0.25) is 14.5 Å². The summed E-state index contributed by atoms with van der Waals surface area (Å²) in [4.78, 5) is 25.3. The molecular formula is C15H28N2O3. The molecule has 5 nitrogen and oxygen atoms in total. The fraction of sp³-hybridized carbons (Fsp3) is 0.867. The first-order chi connectivity index (χ1) is 9.65. The summed E-state index contributed by atoms with van der Waals surface area (Å²) in [6, 6.07) is 0.311. The van der Waals surface area contributed by atoms with Gasteiger partial charge in [-0.05, 0) is 26.3 Å². The summed E-state index contributed by atoms with van der Waals surface area (Å²) in [6.07, 6.45) is 7.11. The third-order valence-electron chi connectivity index (χ3n) is 3.69. The van der Waals surface area contributed by atoms with Crippen LogP contribution in [0.5, 0.6) is 0 Å². The smallest absolute Gasteiger partial charge is 0.320 e. The number of ether oxygens (including phenoxy) is 1. The molecule has 0 saturated heterocycles. The second-order valence-corrected chi connectivity index (χ2v) is 5.36. The summed E-state index contributed by atoms with van der Waals surface area (Å²) in [5, 5.41) is 3.10. The summed E-state index contributed by atoms with van der Waals surface area (Å²) in [5.74, 6) is -0.250. The molecule has 0 aromatic heterocycles. The van der Waals surface area contributed by atoms with E-state index in [9.17, 15) is 9.59 Å². The van der Waals surface area contributed by atoms with E-state index in [4.69, 9.17) is 4.74 Å². The molecule has 0 spiro atoms. The van der Waals surface area contributed by atoms with Crippen LogP contribution in [0.2, 0.25) is 0 Å². The largest absolute Gasteiger partial charge is 0.465 e. The lowest BCUT2D eigenvalue weighted by Gasteiger charge is -2.21. The van der Waals surface area contributed by atoms with Gasteiger partial charge in [-0.1, -0.05) is 32.6 Å². The van der Waals surface area contributed by atoms with Crippen molar-refractivity contribution in [3.63, 3.8) is 0 Å². The van der Waals surface area contributed by atoms with Gasteiger partial charge in [-0.15, -0.1) is 0 Å². The maximum absolute atomic E-state index is 12.0. The Morgan fingerprint density at radius 2 is 1.75 bits per heavy atom. The van der Waals surface area contributed by atoms with Crippen molar-refractivity contribution in [3.05, 3.63) is 0 Å². The van der Waals surface area contributed by atoms with E-state index in [1.807, 2.05) is 11.8 Å². The van der Waals surface area contributed by atoms with Crippen molar-refractivity contribution in [3.8, 4) is 0 Å². The fourth-order valence-corrected chi connectivity index (χ4v) is 2.57. The second-order valence-electron chi connectivity index (χ2n) is 5.36. The number of likely N-dealkylation sites (N-methyl/N-ethyl adjacent to an activating group) is 1. The van der Waals surface area contributed by atoms with Gasteiger partial charge in [0.15, 0.2) is 0 Å². The highest BCUT2D eigenvalue weighted by Gasteiger charge is 2.17. The molecule has 20 heavy (non-hydrogen) atoms. The van der Waals surface area contributed by atoms with E-state index in [-0.39, 0.29) is 25.0 Å². The van der Waals surface area contributed by atoms with Gasteiger partial charge in [0.1, 0.15) is 0 Å². The molecule has 0 atom stereocenters. The number of carbonyl (C=O) groups is 2. The first-order valence-corrected chi connectivity index (χ1v) is 7.83. The predicted octanol–water partition coefficient (Wildman–Crippen LogP) is 1.71. The van der Waals surface area contributed by atoms with E-state index >= 15 is 0 Å². The van der Waals surface area contributed by atoms with Crippen LogP contribution in [0.25, 0.3) is 0 Å². The Morgan fingerprint density at radius 1 is 1.10 bits per heavy atom. The van der Waals surface area contributed by atoms with Crippen molar-refractivity contribution in [2.24, 2.45) is 0 Å². The van der Waals surface area contributed by atoms with Crippen LogP contribution < -0.4 is 5.32 Å². The molecule has 0 radical (unpaired) electrons. The lowest BCUT2D eigenvalue weighted by Crippen LogP contribution is -2.43. The van der Waals surface area contributed by atoms with Crippen LogP contribution in [0.1, 0.15) is 52.4 Å². The molecular weight excluding hydrogens is 256 g/mol. The number of nitrogens with one attached hydrogen (secondary N) is 1. The first-order valence-electron chi connectivity index (χ1n) is 7.83. The number of esters is 1. The van der Waals surface area contributed by atoms with E-state index in [1.165, 1.54) is 25.7 Å². The van der Waals surface area contributed by atoms with Gasteiger partial charge in [0, 0.05) is 6.04 Å². The Balaban J connectivity index is 2.32. The topological polar surface area (TPSA) is 58.6 Å². The third kappa shape index (κ3) is 6.89. The van der Waals surface area contributed by atoms with Crippen LogP contribution in [0.4, 0.5) is 0 Å². The van der Waals surface area contributed by atoms with E-state index in [0.29, 0.717) is 19.2 Å². The number of amides is 1. The number of nitrogens with zero attached hydrogens (tertiary/aromatic N) is 1. The highest BCUT2D eigenvalue weighted by molar-refractivity contribution is 5.79. The lowest BCUT2D eigenvalue weighted by molar-refractivity contribution is -0.144. The molecule has 0 aromatic carbocycles. The Hall–Kier alpha value is -1.10. The number of hydrogen-bond donors (Lipinski definition) is 1. The molecule has 0 unspecified atom stereocenters. The van der Waals surface area contributed by atoms with Crippen molar-refractivity contribution in [2.75, 3.05) is 26.2 Å². The van der Waals surface area contributed by atoms with Gasteiger partial charge in [0.2, 0.25) is 5.91 Å². The fourth-order valence-electron chi connectivity index (χ4n) is 2.57. The number of carbonyl (C=O) groups excluding carboxylic acids is 2. The van der Waals surface area contributed by atoms with E-state index in [0.717, 1.165) is 12.8 Å². The zero-order valence-electron chi connectivity index (χ0n) is 12.8. The number of rotatable bonds is 7. The SMILES string of the molecule is CCOC(=O)CN(CC)CC(=O)NC1CCCCCC1. The van der Waals surface area contributed by atoms with Gasteiger partial charge < -0.3 is 10.1 Å². The Morgan fingerprint density at radius 3 is 2.30 bits per heavy atom. The zero-order valence-corrected chi connectivity index (χ0v) is 12.8. The average Bonchev–Trinajstić information content (AvgIpc) is 2.66. The van der Waals surface area contributed by atoms with Gasteiger partial charge in [0.25, 0.3) is 0 Å². The van der Waals surface area contributed by atoms with Crippen LogP contribution >= 0.6 is 0 Å². The maximum atomic E-state index is 12.0. The molecule has 1 aliphatic rings. The van der Waals surface area contributed by atoms with E-state index in [2.05, 4.69) is 5.32 Å². The summed E-state index contributed by atoms with van der Waals surface area (Å²) in [5.41, 5.74) is 0. The molecule has 0 aromatic rings. The summed E-state index contributed by atoms with van der Waals surface area (Å²) in [7, 11) is 0. The van der Waals surface area contributed by atoms with Gasteiger partial charge >= 0.3 is 5.97 Å². The van der Waals surface area contributed by atoms with Crippen molar-refractivity contribution in [1.82, 2.24) is 10.2 Å². The predicted molar refractivity (Wildman–Crippen MR) is 78.4 cm³/mol. The standard InChI is InChI=1S/C15H28N2O3/c1-3-17(12-15(19)20-4-2)11-14(18)16-13-9-7-5-6-8-10-13/h13H,3-12H2,1-2H3,(H,16,18). The highest BCUT2D eigenvalue weighted by atomic mass is 16.5. The van der Waals surface area contributed by atoms with Crippen molar-refractivity contribution < 1.29 is 14.3 Å². The van der Waals surface area contributed by atoms with Crippen LogP contribution in [0.3, 0.4) is 0 Å². The average molecular weight is 284 g/mol. The molecule has 116 valence electrons. The van der Waals surface area contributed by atoms with Gasteiger partial charge in [-0.25, -0.2) is 0 Å². The first kappa shape index (κ1) is 17.0. The van der Waals surface area contributed by atoms with Crippen LogP contribution in [-0.2, 0) is 14.3 Å². The molecule has 5 heteroatoms. The number of hydrogen-bond acceptors (Lipinski definition) is 4. The van der Waals surface area contributed by atoms with Crippen molar-refractivity contribution >= 4 is 11.9 Å². The molecule has 1 saturated carbocycles. The van der Waals surface area contributed by atoms with Crippen molar-refractivity contribution in [1.29, 1.82) is 0 Å². The Labute approximate surface area is 122 Å². The van der Waals surface area contributed by atoms with Gasteiger partial charge in [-0.2, -0.15) is 0 Å². The van der Waals surface area contributed by atoms with Gasteiger partial charge in [0.05, 0.1) is 19.7 Å².